The molecular formula is C22H23N5O3. The SMILES string of the molecule is COc1ccc(OC)c(CCC(=O)Nc2cnn(Cc3cn4ccccc4n3)c2)c1. The Morgan fingerprint density at radius 1 is 1.13 bits per heavy atom. The van der Waals surface area contributed by atoms with E-state index in [0.29, 0.717) is 25.1 Å². The second-order valence-electron chi connectivity index (χ2n) is 6.85. The number of hydrogen-bond donors (Lipinski definition) is 1. The average molecular weight is 405 g/mol. The standard InChI is InChI=1S/C22H23N5O3/c1-29-19-7-8-20(30-2)16(11-19)6-9-22(28)25-17-12-23-27(14-17)15-18-13-26-10-4-3-5-21(26)24-18/h3-5,7-8,10-14H,6,9,15H2,1-2H3,(H,25,28). The van der Waals surface area contributed by atoms with Crippen LogP contribution in [0.5, 0.6) is 11.5 Å². The Bertz CT molecular complexity index is 1130. The number of nitrogens with zero attached hydrogens (tertiary/aromatic N) is 4. The van der Waals surface area contributed by atoms with Gasteiger partial charge in [0.25, 0.3) is 0 Å². The number of carbonyl (C=O) groups excluding carboxylic acids is 1. The van der Waals surface area contributed by atoms with Crippen LogP contribution in [0.4, 0.5) is 5.69 Å². The number of aromatic nitrogens is 4. The normalized spacial score (nSPS) is 10.9. The number of imidazole rings is 1. The Labute approximate surface area is 174 Å². The molecule has 0 bridgehead atoms. The van der Waals surface area contributed by atoms with Crippen molar-refractivity contribution >= 4 is 17.2 Å². The van der Waals surface area contributed by atoms with Gasteiger partial charge in [-0.1, -0.05) is 6.07 Å². The fraction of sp³-hybridized carbons (Fsp3) is 0.227. The number of amides is 1. The van der Waals surface area contributed by atoms with Gasteiger partial charge in [-0.05, 0) is 42.3 Å². The molecule has 0 radical (unpaired) electrons. The number of anilines is 1. The van der Waals surface area contributed by atoms with Crippen molar-refractivity contribution in [3.8, 4) is 11.5 Å². The van der Waals surface area contributed by atoms with Crippen LogP contribution in [0.2, 0.25) is 0 Å². The van der Waals surface area contributed by atoms with Gasteiger partial charge in [0.2, 0.25) is 5.91 Å². The van der Waals surface area contributed by atoms with Crippen molar-refractivity contribution in [2.24, 2.45) is 0 Å². The summed E-state index contributed by atoms with van der Waals surface area (Å²) in [5, 5.41) is 7.21. The molecule has 8 heteroatoms. The molecule has 0 fully saturated rings. The number of aryl methyl sites for hydroxylation is 1. The molecule has 0 unspecified atom stereocenters. The molecular weight excluding hydrogens is 382 g/mol. The Kier molecular flexibility index (Phi) is 5.65. The van der Waals surface area contributed by atoms with E-state index in [4.69, 9.17) is 9.47 Å². The van der Waals surface area contributed by atoms with Crippen LogP contribution in [0.1, 0.15) is 17.7 Å². The lowest BCUT2D eigenvalue weighted by Gasteiger charge is -2.10. The van der Waals surface area contributed by atoms with Gasteiger partial charge in [-0.3, -0.25) is 9.48 Å². The molecule has 1 aromatic carbocycles. The van der Waals surface area contributed by atoms with Gasteiger partial charge in [0.15, 0.2) is 0 Å². The summed E-state index contributed by atoms with van der Waals surface area (Å²) in [6.07, 6.45) is 8.23. The number of ether oxygens (including phenoxy) is 2. The summed E-state index contributed by atoms with van der Waals surface area (Å²) in [7, 11) is 3.23. The minimum absolute atomic E-state index is 0.0906. The zero-order chi connectivity index (χ0) is 20.9. The molecule has 0 aliphatic heterocycles. The summed E-state index contributed by atoms with van der Waals surface area (Å²) in [6.45, 7) is 0.526. The summed E-state index contributed by atoms with van der Waals surface area (Å²) in [5.74, 6) is 1.38. The first-order valence-corrected chi connectivity index (χ1v) is 9.60. The molecule has 154 valence electrons. The molecule has 0 saturated carbocycles. The highest BCUT2D eigenvalue weighted by Crippen LogP contribution is 2.25. The third-order valence-electron chi connectivity index (χ3n) is 4.76. The average Bonchev–Trinajstić information content (AvgIpc) is 3.38. The molecule has 3 heterocycles. The maximum Gasteiger partial charge on any atom is 0.224 e. The number of carbonyl (C=O) groups is 1. The third-order valence-corrected chi connectivity index (χ3v) is 4.76. The van der Waals surface area contributed by atoms with Crippen molar-refractivity contribution < 1.29 is 14.3 Å². The van der Waals surface area contributed by atoms with Crippen molar-refractivity contribution in [2.45, 2.75) is 19.4 Å². The van der Waals surface area contributed by atoms with Gasteiger partial charge in [0, 0.05) is 25.0 Å². The van der Waals surface area contributed by atoms with Crippen molar-refractivity contribution in [2.75, 3.05) is 19.5 Å². The minimum Gasteiger partial charge on any atom is -0.497 e. The van der Waals surface area contributed by atoms with Gasteiger partial charge in [0.1, 0.15) is 17.1 Å². The Morgan fingerprint density at radius 2 is 2.03 bits per heavy atom. The zero-order valence-corrected chi connectivity index (χ0v) is 16.9. The van der Waals surface area contributed by atoms with Crippen LogP contribution in [0, 0.1) is 0 Å². The fourth-order valence-corrected chi connectivity index (χ4v) is 3.29. The van der Waals surface area contributed by atoms with Gasteiger partial charge in [-0.25, -0.2) is 4.98 Å². The first kappa shape index (κ1) is 19.5. The number of pyridine rings is 1. The molecule has 1 amide bonds. The molecule has 0 saturated heterocycles. The highest BCUT2D eigenvalue weighted by Gasteiger charge is 2.10. The molecule has 0 aliphatic carbocycles. The number of methoxy groups -OCH3 is 2. The minimum atomic E-state index is -0.0906. The lowest BCUT2D eigenvalue weighted by Crippen LogP contribution is -2.12. The molecule has 3 aromatic heterocycles. The molecule has 1 N–H and O–H groups in total. The second-order valence-corrected chi connectivity index (χ2v) is 6.85. The topological polar surface area (TPSA) is 82.7 Å². The summed E-state index contributed by atoms with van der Waals surface area (Å²) in [6, 6.07) is 11.4. The van der Waals surface area contributed by atoms with Crippen LogP contribution in [0.25, 0.3) is 5.65 Å². The Balaban J connectivity index is 1.35. The van der Waals surface area contributed by atoms with E-state index < -0.39 is 0 Å². The van der Waals surface area contributed by atoms with Crippen molar-refractivity contribution in [3.63, 3.8) is 0 Å². The van der Waals surface area contributed by atoms with E-state index in [0.717, 1.165) is 28.4 Å². The van der Waals surface area contributed by atoms with E-state index in [-0.39, 0.29) is 5.91 Å². The second kappa shape index (κ2) is 8.69. The van der Waals surface area contributed by atoms with Crippen LogP contribution in [-0.4, -0.2) is 39.3 Å². The van der Waals surface area contributed by atoms with Crippen LogP contribution >= 0.6 is 0 Å². The van der Waals surface area contributed by atoms with Crippen LogP contribution < -0.4 is 14.8 Å². The largest absolute Gasteiger partial charge is 0.497 e. The summed E-state index contributed by atoms with van der Waals surface area (Å²) < 4.78 is 14.3. The maximum atomic E-state index is 12.4. The molecule has 4 aromatic rings. The monoisotopic (exact) mass is 405 g/mol. The van der Waals surface area contributed by atoms with Crippen molar-refractivity contribution in [1.29, 1.82) is 0 Å². The molecule has 30 heavy (non-hydrogen) atoms. The lowest BCUT2D eigenvalue weighted by atomic mass is 10.1. The summed E-state index contributed by atoms with van der Waals surface area (Å²) in [4.78, 5) is 17.0. The highest BCUT2D eigenvalue weighted by molar-refractivity contribution is 5.90. The summed E-state index contributed by atoms with van der Waals surface area (Å²) in [5.41, 5.74) is 3.37. The lowest BCUT2D eigenvalue weighted by molar-refractivity contribution is -0.116. The maximum absolute atomic E-state index is 12.4. The van der Waals surface area contributed by atoms with Gasteiger partial charge < -0.3 is 19.2 Å². The number of hydrogen-bond acceptors (Lipinski definition) is 5. The van der Waals surface area contributed by atoms with Crippen molar-refractivity contribution in [3.05, 3.63) is 72.4 Å². The van der Waals surface area contributed by atoms with Gasteiger partial charge in [-0.2, -0.15) is 5.10 Å². The van der Waals surface area contributed by atoms with E-state index in [2.05, 4.69) is 15.4 Å². The number of benzene rings is 1. The quantitative estimate of drug-likeness (QED) is 0.487. The predicted octanol–water partition coefficient (Wildman–Crippen LogP) is 3.17. The first-order chi connectivity index (χ1) is 14.6. The van der Waals surface area contributed by atoms with Gasteiger partial charge in [0.05, 0.1) is 38.3 Å². The van der Waals surface area contributed by atoms with E-state index >= 15 is 0 Å². The van der Waals surface area contributed by atoms with Gasteiger partial charge in [-0.15, -0.1) is 0 Å². The van der Waals surface area contributed by atoms with Crippen molar-refractivity contribution in [1.82, 2.24) is 19.2 Å². The van der Waals surface area contributed by atoms with E-state index in [9.17, 15) is 4.79 Å². The highest BCUT2D eigenvalue weighted by atomic mass is 16.5. The smallest absolute Gasteiger partial charge is 0.224 e. The first-order valence-electron chi connectivity index (χ1n) is 9.60. The molecule has 0 spiro atoms. The third kappa shape index (κ3) is 4.43. The number of nitrogens with one attached hydrogen (secondary N) is 1. The fourth-order valence-electron chi connectivity index (χ4n) is 3.29. The predicted molar refractivity (Wildman–Crippen MR) is 113 cm³/mol. The van der Waals surface area contributed by atoms with Crippen LogP contribution in [0.3, 0.4) is 0 Å². The zero-order valence-electron chi connectivity index (χ0n) is 16.9. The van der Waals surface area contributed by atoms with Gasteiger partial charge >= 0.3 is 0 Å². The Hall–Kier alpha value is -3.81. The van der Waals surface area contributed by atoms with Crippen LogP contribution in [-0.2, 0) is 17.8 Å². The van der Waals surface area contributed by atoms with E-state index in [1.54, 1.807) is 31.3 Å². The number of rotatable bonds is 8. The molecule has 0 aliphatic rings. The van der Waals surface area contributed by atoms with E-state index in [1.165, 1.54) is 0 Å². The molecule has 0 atom stereocenters. The number of fused-ring (bicyclic) bond motifs is 1. The molecule has 8 nitrogen and oxygen atoms in total. The van der Waals surface area contributed by atoms with Crippen LogP contribution in [0.15, 0.2) is 61.2 Å². The summed E-state index contributed by atoms with van der Waals surface area (Å²) >= 11 is 0. The molecule has 4 rings (SSSR count). The van der Waals surface area contributed by atoms with E-state index in [1.807, 2.05) is 53.2 Å². The Morgan fingerprint density at radius 3 is 2.83 bits per heavy atom.